The molecule has 2 aromatic rings. The zero-order chi connectivity index (χ0) is 32.6. The fraction of sp³-hybridized carbons (Fsp3) is 0.455. The number of esters is 1. The Kier molecular flexibility index (Phi) is 12.2. The Labute approximate surface area is 258 Å². The quantitative estimate of drug-likeness (QED) is 0.0917. The van der Waals surface area contributed by atoms with Gasteiger partial charge in [0.2, 0.25) is 0 Å². The number of benzene rings is 2. The maximum atomic E-state index is 16.3. The summed E-state index contributed by atoms with van der Waals surface area (Å²) in [5, 5.41) is 2.60. The average Bonchev–Trinajstić information content (AvgIpc) is 3.79. The van der Waals surface area contributed by atoms with Crippen molar-refractivity contribution < 1.29 is 40.4 Å². The van der Waals surface area contributed by atoms with Crippen LogP contribution in [-0.2, 0) is 28.6 Å². The molecule has 0 bridgehead atoms. The van der Waals surface area contributed by atoms with Gasteiger partial charge in [-0.25, -0.2) is 8.78 Å². The van der Waals surface area contributed by atoms with Gasteiger partial charge in [-0.05, 0) is 92.8 Å². The Balaban J connectivity index is 2.19. The largest absolute Gasteiger partial charge is 0.493 e. The van der Waals surface area contributed by atoms with Gasteiger partial charge >= 0.3 is 5.97 Å². The maximum Gasteiger partial charge on any atom is 0.308 e. The van der Waals surface area contributed by atoms with Gasteiger partial charge in [-0.15, -0.1) is 13.2 Å². The highest BCUT2D eigenvalue weighted by Crippen LogP contribution is 2.46. The van der Waals surface area contributed by atoms with Crippen LogP contribution in [0.25, 0.3) is 11.1 Å². The molecule has 44 heavy (non-hydrogen) atoms. The third-order valence-corrected chi connectivity index (χ3v) is 7.80. The van der Waals surface area contributed by atoms with E-state index in [-0.39, 0.29) is 24.5 Å². The van der Waals surface area contributed by atoms with Crippen LogP contribution >= 0.6 is 0 Å². The lowest BCUT2D eigenvalue weighted by Gasteiger charge is -2.24. The number of ether oxygens (including phenoxy) is 2. The van der Waals surface area contributed by atoms with Gasteiger partial charge in [0.05, 0.1) is 31.9 Å². The predicted octanol–water partition coefficient (Wildman–Crippen LogP) is 6.50. The van der Waals surface area contributed by atoms with Crippen LogP contribution in [-0.4, -0.2) is 45.9 Å². The standard InChI is InChI=1S/C33H41F2NO7S/c1-7-10-11-15-42-28-16-20(4)31(34)21(5)30(28)23-17-24(22-13-14-22)32(35)25(18-23)26(19-29(37)41-9-3)36-33(38)27(12-8-2)43-44(6,39)40/h7-8,16-18,22,26-27H,1-2,9-15,19H2,3-6H3,(H,36,38)/t26-,27+/m0/s1. The Hall–Kier alpha value is -3.57. The monoisotopic (exact) mass is 633 g/mol. The number of halogens is 2. The first kappa shape index (κ1) is 34.9. The first-order valence-corrected chi connectivity index (χ1v) is 16.4. The van der Waals surface area contributed by atoms with E-state index in [1.165, 1.54) is 12.1 Å². The molecule has 0 spiro atoms. The van der Waals surface area contributed by atoms with Crippen molar-refractivity contribution >= 4 is 22.0 Å². The number of amides is 1. The molecule has 1 fully saturated rings. The van der Waals surface area contributed by atoms with E-state index in [0.717, 1.165) is 25.5 Å². The SMILES string of the molecule is C=CCCCOc1cc(C)c(F)c(C)c1-c1cc(C2CC2)c(F)c([C@H](CC(=O)OCC)NC(=O)[C@@H](CC=C)OS(C)(=O)=O)c1. The summed E-state index contributed by atoms with van der Waals surface area (Å²) >= 11 is 0. The Morgan fingerprint density at radius 1 is 1.11 bits per heavy atom. The molecule has 1 aliphatic rings. The van der Waals surface area contributed by atoms with Crippen LogP contribution in [0.1, 0.15) is 79.7 Å². The number of aryl methyl sites for hydroxylation is 1. The van der Waals surface area contributed by atoms with E-state index in [1.807, 2.05) is 0 Å². The molecule has 240 valence electrons. The predicted molar refractivity (Wildman–Crippen MR) is 165 cm³/mol. The molecule has 1 aliphatic carbocycles. The highest BCUT2D eigenvalue weighted by atomic mass is 32.2. The second-order valence-electron chi connectivity index (χ2n) is 10.9. The number of carbonyl (C=O) groups excluding carboxylic acids is 2. The lowest BCUT2D eigenvalue weighted by atomic mass is 9.89. The van der Waals surface area contributed by atoms with Gasteiger partial charge in [0.1, 0.15) is 17.4 Å². The van der Waals surface area contributed by atoms with E-state index in [4.69, 9.17) is 13.7 Å². The molecule has 1 saturated carbocycles. The lowest BCUT2D eigenvalue weighted by molar-refractivity contribution is -0.144. The van der Waals surface area contributed by atoms with E-state index in [1.54, 1.807) is 39.0 Å². The van der Waals surface area contributed by atoms with Crippen LogP contribution in [0.4, 0.5) is 8.78 Å². The van der Waals surface area contributed by atoms with Crippen LogP contribution in [0, 0.1) is 25.5 Å². The van der Waals surface area contributed by atoms with E-state index in [9.17, 15) is 18.0 Å². The third-order valence-electron chi connectivity index (χ3n) is 7.22. The minimum atomic E-state index is -4.04. The van der Waals surface area contributed by atoms with Gasteiger partial charge in [0.25, 0.3) is 16.0 Å². The first-order valence-electron chi connectivity index (χ1n) is 14.6. The van der Waals surface area contributed by atoms with Gasteiger partial charge < -0.3 is 14.8 Å². The maximum absolute atomic E-state index is 16.3. The topological polar surface area (TPSA) is 108 Å². The van der Waals surface area contributed by atoms with Crippen LogP contribution < -0.4 is 10.1 Å². The fourth-order valence-electron chi connectivity index (χ4n) is 5.01. The molecular formula is C33H41F2NO7S. The average molecular weight is 634 g/mol. The lowest BCUT2D eigenvalue weighted by Crippen LogP contribution is -2.40. The highest BCUT2D eigenvalue weighted by Gasteiger charge is 2.34. The van der Waals surface area contributed by atoms with Crippen molar-refractivity contribution in [2.75, 3.05) is 19.5 Å². The minimum Gasteiger partial charge on any atom is -0.493 e. The summed E-state index contributed by atoms with van der Waals surface area (Å²) in [6, 6.07) is 3.48. The molecule has 0 aromatic heterocycles. The molecule has 0 unspecified atom stereocenters. The van der Waals surface area contributed by atoms with Crippen molar-refractivity contribution in [1.82, 2.24) is 5.32 Å². The van der Waals surface area contributed by atoms with E-state index in [0.29, 0.717) is 46.6 Å². The minimum absolute atomic E-state index is 0.0273. The zero-order valence-corrected chi connectivity index (χ0v) is 26.5. The van der Waals surface area contributed by atoms with Crippen LogP contribution in [0.3, 0.4) is 0 Å². The van der Waals surface area contributed by atoms with Crippen molar-refractivity contribution in [2.45, 2.75) is 77.4 Å². The second-order valence-corrected chi connectivity index (χ2v) is 12.5. The number of allylic oxidation sites excluding steroid dienone is 1. The molecule has 3 rings (SSSR count). The second kappa shape index (κ2) is 15.4. The normalized spacial score (nSPS) is 14.4. The Morgan fingerprint density at radius 2 is 1.82 bits per heavy atom. The molecule has 2 atom stereocenters. The first-order chi connectivity index (χ1) is 20.8. The molecule has 0 saturated heterocycles. The molecule has 11 heteroatoms. The van der Waals surface area contributed by atoms with Crippen molar-refractivity contribution in [2.24, 2.45) is 0 Å². The molecule has 1 amide bonds. The summed E-state index contributed by atoms with van der Waals surface area (Å²) in [5.74, 6) is -2.31. The number of hydrogen-bond acceptors (Lipinski definition) is 7. The summed E-state index contributed by atoms with van der Waals surface area (Å²) in [6.07, 6.45) is 4.69. The van der Waals surface area contributed by atoms with Crippen LogP contribution in [0.15, 0.2) is 43.5 Å². The fourth-order valence-corrected chi connectivity index (χ4v) is 5.59. The smallest absolute Gasteiger partial charge is 0.308 e. The van der Waals surface area contributed by atoms with Crippen molar-refractivity contribution in [3.8, 4) is 16.9 Å². The number of unbranched alkanes of at least 4 members (excludes halogenated alkanes) is 1. The summed E-state index contributed by atoms with van der Waals surface area (Å²) in [4.78, 5) is 26.0. The molecule has 8 nitrogen and oxygen atoms in total. The van der Waals surface area contributed by atoms with Crippen LogP contribution in [0.2, 0.25) is 0 Å². The van der Waals surface area contributed by atoms with Gasteiger partial charge in [-0.2, -0.15) is 8.42 Å². The Morgan fingerprint density at radius 3 is 2.41 bits per heavy atom. The van der Waals surface area contributed by atoms with Gasteiger partial charge in [-0.1, -0.05) is 12.2 Å². The number of nitrogens with one attached hydrogen (secondary N) is 1. The van der Waals surface area contributed by atoms with Crippen molar-refractivity contribution in [3.63, 3.8) is 0 Å². The molecule has 0 aliphatic heterocycles. The third kappa shape index (κ3) is 9.22. The number of hydrogen-bond donors (Lipinski definition) is 1. The summed E-state index contributed by atoms with van der Waals surface area (Å²) < 4.78 is 71.4. The number of rotatable bonds is 17. The molecule has 2 aromatic carbocycles. The molecule has 0 heterocycles. The van der Waals surface area contributed by atoms with E-state index >= 15 is 8.78 Å². The molecule has 0 radical (unpaired) electrons. The number of carbonyl (C=O) groups is 2. The van der Waals surface area contributed by atoms with Gasteiger partial charge in [0, 0.05) is 17.5 Å². The van der Waals surface area contributed by atoms with Crippen molar-refractivity contribution in [3.05, 3.63) is 77.4 Å². The summed E-state index contributed by atoms with van der Waals surface area (Å²) in [6.45, 7) is 12.5. The highest BCUT2D eigenvalue weighted by molar-refractivity contribution is 7.86. The molecule has 1 N–H and O–H groups in total. The molecular weight excluding hydrogens is 592 g/mol. The van der Waals surface area contributed by atoms with Gasteiger partial charge in [0.15, 0.2) is 6.10 Å². The zero-order valence-electron chi connectivity index (χ0n) is 25.7. The van der Waals surface area contributed by atoms with Crippen LogP contribution in [0.5, 0.6) is 5.75 Å². The summed E-state index contributed by atoms with van der Waals surface area (Å²) in [5.41, 5.74) is 1.93. The van der Waals surface area contributed by atoms with Gasteiger partial charge in [-0.3, -0.25) is 13.8 Å². The van der Waals surface area contributed by atoms with Crippen molar-refractivity contribution in [1.29, 1.82) is 0 Å². The Bertz CT molecular complexity index is 1500. The summed E-state index contributed by atoms with van der Waals surface area (Å²) in [7, 11) is -4.04. The van der Waals surface area contributed by atoms with E-state index in [2.05, 4.69) is 18.5 Å². The van der Waals surface area contributed by atoms with E-state index < -0.39 is 52.2 Å².